The third kappa shape index (κ3) is 8.40. The molecular weight excluding hydrogens is 512 g/mol. The summed E-state index contributed by atoms with van der Waals surface area (Å²) in [5.74, 6) is 0.360. The lowest BCUT2D eigenvalue weighted by atomic mass is 9.65. The summed E-state index contributed by atoms with van der Waals surface area (Å²) in [6, 6.07) is 14.7. The van der Waals surface area contributed by atoms with Crippen molar-refractivity contribution in [1.82, 2.24) is 0 Å². The number of carbonyl (C=O) groups excluding carboxylic acids is 4. The Kier molecular flexibility index (Phi) is 10.8. The SMILES string of the molecule is C=C(C)C(=O)CCOC(=O)Oc1ccc(C2(c3ccc(OC(=O)OCCC(=O)C(=C)C)cc3)CCCCC2)cc1. The Morgan fingerprint density at radius 2 is 1.02 bits per heavy atom. The number of ether oxygens (including phenoxy) is 4. The van der Waals surface area contributed by atoms with E-state index in [1.54, 1.807) is 38.1 Å². The highest BCUT2D eigenvalue weighted by Crippen LogP contribution is 2.45. The van der Waals surface area contributed by atoms with Crippen LogP contribution in [0.5, 0.6) is 11.5 Å². The smallest absolute Gasteiger partial charge is 0.434 e. The van der Waals surface area contributed by atoms with E-state index in [4.69, 9.17) is 18.9 Å². The van der Waals surface area contributed by atoms with Gasteiger partial charge >= 0.3 is 12.3 Å². The van der Waals surface area contributed by atoms with Crippen molar-refractivity contribution in [1.29, 1.82) is 0 Å². The summed E-state index contributed by atoms with van der Waals surface area (Å²) in [7, 11) is 0. The third-order valence-corrected chi connectivity index (χ3v) is 6.97. The first kappa shape index (κ1) is 30.3. The fourth-order valence-electron chi connectivity index (χ4n) is 4.72. The van der Waals surface area contributed by atoms with Gasteiger partial charge in [0.1, 0.15) is 24.7 Å². The molecule has 0 saturated heterocycles. The van der Waals surface area contributed by atoms with E-state index in [1.165, 1.54) is 0 Å². The average molecular weight is 549 g/mol. The largest absolute Gasteiger partial charge is 0.513 e. The van der Waals surface area contributed by atoms with E-state index in [9.17, 15) is 19.2 Å². The number of allylic oxidation sites excluding steroid dienone is 2. The molecule has 0 unspecified atom stereocenters. The van der Waals surface area contributed by atoms with Crippen LogP contribution in [-0.2, 0) is 24.5 Å². The highest BCUT2D eigenvalue weighted by atomic mass is 16.7. The predicted molar refractivity (Wildman–Crippen MR) is 150 cm³/mol. The predicted octanol–water partition coefficient (Wildman–Crippen LogP) is 7.04. The van der Waals surface area contributed by atoms with E-state index < -0.39 is 12.3 Å². The number of hydrogen-bond donors (Lipinski definition) is 0. The maximum absolute atomic E-state index is 12.0. The van der Waals surface area contributed by atoms with Crippen LogP contribution in [0, 0.1) is 0 Å². The van der Waals surface area contributed by atoms with E-state index in [0.29, 0.717) is 22.6 Å². The molecule has 0 N–H and O–H groups in total. The van der Waals surface area contributed by atoms with Crippen LogP contribution in [0.25, 0.3) is 0 Å². The summed E-state index contributed by atoms with van der Waals surface area (Å²) in [5, 5.41) is 0. The molecule has 1 aliphatic carbocycles. The molecule has 8 nitrogen and oxygen atoms in total. The van der Waals surface area contributed by atoms with Crippen LogP contribution >= 0.6 is 0 Å². The third-order valence-electron chi connectivity index (χ3n) is 6.97. The van der Waals surface area contributed by atoms with Crippen molar-refractivity contribution in [3.8, 4) is 11.5 Å². The second-order valence-electron chi connectivity index (χ2n) is 10.00. The van der Waals surface area contributed by atoms with E-state index in [2.05, 4.69) is 13.2 Å². The zero-order valence-electron chi connectivity index (χ0n) is 23.2. The lowest BCUT2D eigenvalue weighted by Crippen LogP contribution is -2.30. The number of rotatable bonds is 12. The summed E-state index contributed by atoms with van der Waals surface area (Å²) in [6.45, 7) is 10.2. The molecule has 0 atom stereocenters. The van der Waals surface area contributed by atoms with Gasteiger partial charge < -0.3 is 18.9 Å². The molecular formula is C32H36O8. The van der Waals surface area contributed by atoms with E-state index in [1.807, 2.05) is 24.3 Å². The number of Topliss-reactive ketones (excluding diaryl/α,β-unsaturated/α-hetero) is 2. The molecule has 8 heteroatoms. The van der Waals surface area contributed by atoms with Gasteiger partial charge in [0.15, 0.2) is 11.6 Å². The molecule has 0 bridgehead atoms. The Morgan fingerprint density at radius 1 is 0.650 bits per heavy atom. The molecule has 1 aliphatic rings. The van der Waals surface area contributed by atoms with E-state index in [0.717, 1.165) is 43.2 Å². The molecule has 1 saturated carbocycles. The van der Waals surface area contributed by atoms with Gasteiger partial charge in [0.25, 0.3) is 0 Å². The molecule has 0 spiro atoms. The van der Waals surface area contributed by atoms with E-state index >= 15 is 0 Å². The molecule has 2 aromatic carbocycles. The maximum Gasteiger partial charge on any atom is 0.513 e. The molecule has 212 valence electrons. The Hall–Kier alpha value is -4.20. The minimum Gasteiger partial charge on any atom is -0.434 e. The summed E-state index contributed by atoms with van der Waals surface area (Å²) >= 11 is 0. The Bertz CT molecular complexity index is 1140. The summed E-state index contributed by atoms with van der Waals surface area (Å²) in [4.78, 5) is 47.2. The fourth-order valence-corrected chi connectivity index (χ4v) is 4.72. The minimum atomic E-state index is -0.869. The second-order valence-corrected chi connectivity index (χ2v) is 10.00. The van der Waals surface area contributed by atoms with Crippen LogP contribution < -0.4 is 9.47 Å². The molecule has 0 heterocycles. The van der Waals surface area contributed by atoms with Gasteiger partial charge in [-0.3, -0.25) is 9.59 Å². The van der Waals surface area contributed by atoms with Gasteiger partial charge in [-0.2, -0.15) is 0 Å². The van der Waals surface area contributed by atoms with Crippen LogP contribution in [0.3, 0.4) is 0 Å². The van der Waals surface area contributed by atoms with Crippen molar-refractivity contribution in [3.63, 3.8) is 0 Å². The van der Waals surface area contributed by atoms with Crippen LogP contribution in [0.2, 0.25) is 0 Å². The molecule has 0 amide bonds. The molecule has 0 radical (unpaired) electrons. The van der Waals surface area contributed by atoms with Gasteiger partial charge in [-0.15, -0.1) is 0 Å². The Labute approximate surface area is 235 Å². The molecule has 1 fully saturated rings. The topological polar surface area (TPSA) is 105 Å². The number of carbonyl (C=O) groups is 4. The van der Waals surface area contributed by atoms with Gasteiger partial charge in [0.05, 0.1) is 0 Å². The first-order valence-electron chi connectivity index (χ1n) is 13.4. The zero-order valence-corrected chi connectivity index (χ0v) is 23.2. The normalized spacial score (nSPS) is 13.9. The van der Waals surface area contributed by atoms with Crippen LogP contribution in [0.1, 0.15) is 69.9 Å². The molecule has 40 heavy (non-hydrogen) atoms. The van der Waals surface area contributed by atoms with Crippen molar-refractivity contribution >= 4 is 23.9 Å². The summed E-state index contributed by atoms with van der Waals surface area (Å²) < 4.78 is 20.5. The van der Waals surface area contributed by atoms with Crippen LogP contribution in [0.4, 0.5) is 9.59 Å². The molecule has 3 rings (SSSR count). The lowest BCUT2D eigenvalue weighted by Gasteiger charge is -2.38. The average Bonchev–Trinajstić information content (AvgIpc) is 2.94. The monoisotopic (exact) mass is 548 g/mol. The Balaban J connectivity index is 1.63. The standard InChI is InChI=1S/C32H36O8/c1-22(2)28(33)16-20-37-30(35)39-26-12-8-24(9-13-26)32(18-6-5-7-19-32)25-10-14-27(15-11-25)40-31(36)38-21-17-29(34)23(3)4/h8-15H,1,3,5-7,16-21H2,2,4H3. The molecule has 2 aromatic rings. The summed E-state index contributed by atoms with van der Waals surface area (Å²) in [5.41, 5.74) is 2.78. The highest BCUT2D eigenvalue weighted by molar-refractivity contribution is 5.94. The maximum atomic E-state index is 12.0. The first-order valence-corrected chi connectivity index (χ1v) is 13.4. The second kappa shape index (κ2) is 14.3. The quantitative estimate of drug-likeness (QED) is 0.158. The summed E-state index contributed by atoms with van der Waals surface area (Å²) in [6.07, 6.45) is 3.58. The number of hydrogen-bond acceptors (Lipinski definition) is 8. The molecule has 0 aliphatic heterocycles. The van der Waals surface area contributed by atoms with Gasteiger partial charge in [-0.1, -0.05) is 56.7 Å². The number of ketones is 2. The Morgan fingerprint density at radius 3 is 1.38 bits per heavy atom. The molecule has 0 aromatic heterocycles. The van der Waals surface area contributed by atoms with Crippen molar-refractivity contribution < 1.29 is 38.1 Å². The minimum absolute atomic E-state index is 0.0629. The van der Waals surface area contributed by atoms with Crippen molar-refractivity contribution in [2.75, 3.05) is 13.2 Å². The van der Waals surface area contributed by atoms with Gasteiger partial charge in [-0.05, 0) is 73.2 Å². The van der Waals surface area contributed by atoms with Crippen molar-refractivity contribution in [2.24, 2.45) is 0 Å². The lowest BCUT2D eigenvalue weighted by molar-refractivity contribution is -0.117. The fraction of sp³-hybridized carbons (Fsp3) is 0.375. The number of benzene rings is 2. The van der Waals surface area contributed by atoms with Gasteiger partial charge in [0.2, 0.25) is 0 Å². The zero-order chi connectivity index (χ0) is 29.1. The highest BCUT2D eigenvalue weighted by Gasteiger charge is 2.35. The van der Waals surface area contributed by atoms with Gasteiger partial charge in [0, 0.05) is 18.3 Å². The van der Waals surface area contributed by atoms with Crippen LogP contribution in [-0.4, -0.2) is 37.1 Å². The van der Waals surface area contributed by atoms with Crippen molar-refractivity contribution in [3.05, 3.63) is 84.0 Å². The van der Waals surface area contributed by atoms with Gasteiger partial charge in [-0.25, -0.2) is 9.59 Å². The van der Waals surface area contributed by atoms with Crippen LogP contribution in [0.15, 0.2) is 72.8 Å². The van der Waals surface area contributed by atoms with E-state index in [-0.39, 0.29) is 43.0 Å². The first-order chi connectivity index (χ1) is 19.1. The van der Waals surface area contributed by atoms with Crippen molar-refractivity contribution in [2.45, 2.75) is 64.2 Å².